The molecule has 3 heteroatoms. The third kappa shape index (κ3) is 3.89. The number of nitrogens with zero attached hydrogens (tertiary/aromatic N) is 1. The van der Waals surface area contributed by atoms with Gasteiger partial charge in [0.05, 0.1) is 5.66 Å². The maximum absolute atomic E-state index is 5.78. The van der Waals surface area contributed by atoms with Gasteiger partial charge < -0.3 is 5.73 Å². The molecule has 1 unspecified atom stereocenters. The molecule has 2 N–H and O–H groups in total. The Bertz CT molecular complexity index is 71.5. The van der Waals surface area contributed by atoms with Crippen LogP contribution in [-0.4, -0.2) is 24.7 Å². The van der Waals surface area contributed by atoms with Gasteiger partial charge in [0.1, 0.15) is 0 Å². The van der Waals surface area contributed by atoms with E-state index in [0.29, 0.717) is 0 Å². The van der Waals surface area contributed by atoms with Crippen molar-refractivity contribution in [3.63, 3.8) is 0 Å². The predicted molar refractivity (Wildman–Crippen MR) is 46.9 cm³/mol. The van der Waals surface area contributed by atoms with Crippen LogP contribution < -0.4 is 5.73 Å². The maximum atomic E-state index is 5.78. The highest BCUT2D eigenvalue weighted by molar-refractivity contribution is 8.93. The van der Waals surface area contributed by atoms with Gasteiger partial charge in [-0.25, -0.2) is 0 Å². The van der Waals surface area contributed by atoms with E-state index in [-0.39, 0.29) is 22.6 Å². The summed E-state index contributed by atoms with van der Waals surface area (Å²) in [5.41, 5.74) is 5.66. The molecule has 0 aromatic carbocycles. The van der Waals surface area contributed by atoms with Crippen molar-refractivity contribution in [2.45, 2.75) is 25.9 Å². The zero-order valence-electron chi connectivity index (χ0n) is 6.64. The first-order chi connectivity index (χ1) is 3.50. The van der Waals surface area contributed by atoms with Crippen LogP contribution in [-0.2, 0) is 0 Å². The van der Waals surface area contributed by atoms with Crippen molar-refractivity contribution in [2.24, 2.45) is 5.73 Å². The number of nitrogens with two attached hydrogens (primary N) is 1. The molecule has 0 heterocycles. The Morgan fingerprint density at radius 1 is 1.44 bits per heavy atom. The monoisotopic (exact) mass is 196 g/mol. The molecule has 0 bridgehead atoms. The number of hydrogen-bond donors (Lipinski definition) is 1. The lowest BCUT2D eigenvalue weighted by Crippen LogP contribution is -2.48. The summed E-state index contributed by atoms with van der Waals surface area (Å²) in [6, 6.07) is 0. The van der Waals surface area contributed by atoms with Crippen molar-refractivity contribution in [3.8, 4) is 0 Å². The minimum absolute atomic E-state index is 0. The van der Waals surface area contributed by atoms with Crippen molar-refractivity contribution in [2.75, 3.05) is 14.1 Å². The van der Waals surface area contributed by atoms with E-state index in [4.69, 9.17) is 5.73 Å². The lowest BCUT2D eigenvalue weighted by Gasteiger charge is -2.30. The lowest BCUT2D eigenvalue weighted by molar-refractivity contribution is 0.175. The van der Waals surface area contributed by atoms with Crippen molar-refractivity contribution >= 4 is 17.0 Å². The first-order valence-corrected chi connectivity index (χ1v) is 2.97. The van der Waals surface area contributed by atoms with Crippen LogP contribution >= 0.6 is 17.0 Å². The molecule has 0 aliphatic heterocycles. The summed E-state index contributed by atoms with van der Waals surface area (Å²) in [6.45, 7) is 4.10. The van der Waals surface area contributed by atoms with Gasteiger partial charge in [0, 0.05) is 0 Å². The second-order valence-corrected chi connectivity index (χ2v) is 2.61. The van der Waals surface area contributed by atoms with Crippen molar-refractivity contribution < 1.29 is 0 Å². The molecule has 2 nitrogen and oxygen atoms in total. The van der Waals surface area contributed by atoms with E-state index >= 15 is 0 Å². The van der Waals surface area contributed by atoms with Gasteiger partial charge in [-0.3, -0.25) is 4.90 Å². The Morgan fingerprint density at radius 2 is 1.78 bits per heavy atom. The molecule has 0 saturated carbocycles. The van der Waals surface area contributed by atoms with Crippen LogP contribution in [0.4, 0.5) is 0 Å². The summed E-state index contributed by atoms with van der Waals surface area (Å²) in [7, 11) is 3.98. The summed E-state index contributed by atoms with van der Waals surface area (Å²) in [5.74, 6) is 0. The number of hydrogen-bond acceptors (Lipinski definition) is 2. The Balaban J connectivity index is 0. The minimum Gasteiger partial charge on any atom is -0.313 e. The van der Waals surface area contributed by atoms with E-state index in [1.54, 1.807) is 0 Å². The summed E-state index contributed by atoms with van der Waals surface area (Å²) in [4.78, 5) is 2.02. The first kappa shape index (κ1) is 12.1. The van der Waals surface area contributed by atoms with E-state index in [9.17, 15) is 0 Å². The van der Waals surface area contributed by atoms with Crippen LogP contribution in [0.2, 0.25) is 0 Å². The van der Waals surface area contributed by atoms with Gasteiger partial charge in [0.15, 0.2) is 0 Å². The second kappa shape index (κ2) is 4.25. The summed E-state index contributed by atoms with van der Waals surface area (Å²) in [6.07, 6.45) is 0.986. The molecular formula is C6H17BrN2. The molecule has 0 aliphatic rings. The van der Waals surface area contributed by atoms with Gasteiger partial charge in [-0.15, -0.1) is 17.0 Å². The quantitative estimate of drug-likeness (QED) is 0.674. The SMILES string of the molecule is Br.CCC(C)(N)N(C)C. The molecule has 0 radical (unpaired) electrons. The van der Waals surface area contributed by atoms with Crippen molar-refractivity contribution in [1.29, 1.82) is 0 Å². The van der Waals surface area contributed by atoms with E-state index in [2.05, 4.69) is 6.92 Å². The van der Waals surface area contributed by atoms with Gasteiger partial charge in [-0.1, -0.05) is 6.92 Å². The van der Waals surface area contributed by atoms with Crippen molar-refractivity contribution in [3.05, 3.63) is 0 Å². The van der Waals surface area contributed by atoms with E-state index < -0.39 is 0 Å². The van der Waals surface area contributed by atoms with Gasteiger partial charge in [0.2, 0.25) is 0 Å². The first-order valence-electron chi connectivity index (χ1n) is 2.97. The van der Waals surface area contributed by atoms with Crippen LogP contribution in [0.1, 0.15) is 20.3 Å². The van der Waals surface area contributed by atoms with Crippen molar-refractivity contribution in [1.82, 2.24) is 4.90 Å². The highest BCUT2D eigenvalue weighted by atomic mass is 79.9. The molecular weight excluding hydrogens is 180 g/mol. The zero-order chi connectivity index (χ0) is 6.78. The average Bonchev–Trinajstić information content (AvgIpc) is 1.67. The third-order valence-corrected chi connectivity index (χ3v) is 1.74. The molecule has 0 rings (SSSR count). The molecule has 0 aromatic rings. The molecule has 9 heavy (non-hydrogen) atoms. The van der Waals surface area contributed by atoms with E-state index in [1.807, 2.05) is 25.9 Å². The highest BCUT2D eigenvalue weighted by Gasteiger charge is 2.16. The highest BCUT2D eigenvalue weighted by Crippen LogP contribution is 2.05. The van der Waals surface area contributed by atoms with Gasteiger partial charge in [0.25, 0.3) is 0 Å². The molecule has 0 fully saturated rings. The number of rotatable bonds is 2. The Hall–Kier alpha value is 0.400. The normalized spacial score (nSPS) is 16.7. The standard InChI is InChI=1S/C6H16N2.BrH/c1-5-6(2,7)8(3)4;/h5,7H2,1-4H3;1H. The lowest BCUT2D eigenvalue weighted by atomic mass is 10.1. The third-order valence-electron chi connectivity index (χ3n) is 1.74. The van der Waals surface area contributed by atoms with E-state index in [1.165, 1.54) is 0 Å². The smallest absolute Gasteiger partial charge is 0.0650 e. The largest absolute Gasteiger partial charge is 0.313 e. The molecule has 0 amide bonds. The maximum Gasteiger partial charge on any atom is 0.0650 e. The topological polar surface area (TPSA) is 29.3 Å². The van der Waals surface area contributed by atoms with Crippen LogP contribution in [0.15, 0.2) is 0 Å². The van der Waals surface area contributed by atoms with Gasteiger partial charge in [-0.05, 0) is 27.4 Å². The Kier molecular flexibility index (Phi) is 5.72. The molecule has 0 aliphatic carbocycles. The van der Waals surface area contributed by atoms with Crippen LogP contribution in [0.5, 0.6) is 0 Å². The summed E-state index contributed by atoms with van der Waals surface area (Å²) in [5, 5.41) is 0. The van der Waals surface area contributed by atoms with Crippen LogP contribution in [0.25, 0.3) is 0 Å². The van der Waals surface area contributed by atoms with Crippen LogP contribution in [0.3, 0.4) is 0 Å². The van der Waals surface area contributed by atoms with Crippen LogP contribution in [0, 0.1) is 0 Å². The fourth-order valence-corrected chi connectivity index (χ4v) is 0.316. The molecule has 1 atom stereocenters. The summed E-state index contributed by atoms with van der Waals surface area (Å²) < 4.78 is 0. The Morgan fingerprint density at radius 3 is 1.78 bits per heavy atom. The molecule has 0 aromatic heterocycles. The zero-order valence-corrected chi connectivity index (χ0v) is 8.35. The van der Waals surface area contributed by atoms with Gasteiger partial charge in [-0.2, -0.15) is 0 Å². The van der Waals surface area contributed by atoms with Gasteiger partial charge >= 0.3 is 0 Å². The second-order valence-electron chi connectivity index (χ2n) is 2.61. The average molecular weight is 197 g/mol. The molecule has 0 spiro atoms. The summed E-state index contributed by atoms with van der Waals surface area (Å²) >= 11 is 0. The molecule has 0 saturated heterocycles. The minimum atomic E-state index is -0.125. The predicted octanol–water partition coefficient (Wildman–Crippen LogP) is 1.21. The molecule has 58 valence electrons. The van der Waals surface area contributed by atoms with E-state index in [0.717, 1.165) is 6.42 Å². The fraction of sp³-hybridized carbons (Fsp3) is 1.00. The number of halogens is 1. The fourth-order valence-electron chi connectivity index (χ4n) is 0.316. The Labute approximate surface area is 68.2 Å².